The lowest BCUT2D eigenvalue weighted by molar-refractivity contribution is 0.0267. The van der Waals surface area contributed by atoms with Gasteiger partial charge in [-0.25, -0.2) is 9.78 Å². The first kappa shape index (κ1) is 16.8. The van der Waals surface area contributed by atoms with Crippen LogP contribution < -0.4 is 5.32 Å². The number of ether oxygens (including phenoxy) is 1. The van der Waals surface area contributed by atoms with Gasteiger partial charge in [0.05, 0.1) is 0 Å². The van der Waals surface area contributed by atoms with E-state index in [-0.39, 0.29) is 6.09 Å². The van der Waals surface area contributed by atoms with Gasteiger partial charge < -0.3 is 15.0 Å². The highest BCUT2D eigenvalue weighted by Gasteiger charge is 2.20. The normalized spacial score (nSPS) is 11.1. The molecule has 1 amide bonds. The zero-order valence-electron chi connectivity index (χ0n) is 12.4. The Kier molecular flexibility index (Phi) is 6.26. The summed E-state index contributed by atoms with van der Waals surface area (Å²) in [4.78, 5) is 17.8. The van der Waals surface area contributed by atoms with E-state index in [9.17, 15) is 4.79 Å². The predicted molar refractivity (Wildman–Crippen MR) is 83.9 cm³/mol. The smallest absolute Gasteiger partial charge is 0.410 e. The summed E-state index contributed by atoms with van der Waals surface area (Å²) >= 11 is 3.34. The first-order valence-corrected chi connectivity index (χ1v) is 7.44. The summed E-state index contributed by atoms with van der Waals surface area (Å²) in [7, 11) is 0. The Balaban J connectivity index is 2.41. The Bertz CT molecular complexity index is 429. The number of hydrogen-bond acceptors (Lipinski definition) is 4. The fraction of sp³-hybridized carbons (Fsp3) is 0.571. The zero-order valence-corrected chi connectivity index (χ0v) is 14.0. The molecule has 0 saturated heterocycles. The molecule has 0 fully saturated rings. The average Bonchev–Trinajstić information content (AvgIpc) is 2.34. The minimum atomic E-state index is -0.467. The number of amides is 1. The number of rotatable bonds is 5. The first-order valence-electron chi connectivity index (χ1n) is 6.65. The van der Waals surface area contributed by atoms with E-state index in [0.29, 0.717) is 19.6 Å². The zero-order chi connectivity index (χ0) is 15.2. The minimum absolute atomic E-state index is 0.287. The number of carbonyl (C=O) groups excluding carboxylic acids is 1. The molecule has 0 atom stereocenters. The third kappa shape index (κ3) is 6.23. The Morgan fingerprint density at radius 3 is 2.65 bits per heavy atom. The van der Waals surface area contributed by atoms with Crippen molar-refractivity contribution in [2.45, 2.75) is 33.3 Å². The van der Waals surface area contributed by atoms with Crippen LogP contribution in [0.4, 0.5) is 10.6 Å². The summed E-state index contributed by atoms with van der Waals surface area (Å²) in [5.74, 6) is 0.786. The van der Waals surface area contributed by atoms with Crippen molar-refractivity contribution in [3.8, 4) is 0 Å². The third-order valence-corrected chi connectivity index (χ3v) is 2.92. The van der Waals surface area contributed by atoms with Gasteiger partial charge in [-0.2, -0.15) is 0 Å². The van der Waals surface area contributed by atoms with Crippen LogP contribution in [-0.2, 0) is 4.74 Å². The molecule has 1 aromatic heterocycles. The second kappa shape index (κ2) is 7.47. The van der Waals surface area contributed by atoms with Gasteiger partial charge in [0.15, 0.2) is 0 Å². The third-order valence-electron chi connectivity index (χ3n) is 2.45. The van der Waals surface area contributed by atoms with Gasteiger partial charge in [-0.05, 0) is 55.8 Å². The average molecular weight is 344 g/mol. The van der Waals surface area contributed by atoms with E-state index in [1.54, 1.807) is 11.1 Å². The number of nitrogens with one attached hydrogen (secondary N) is 1. The summed E-state index contributed by atoms with van der Waals surface area (Å²) in [5.41, 5.74) is -0.467. The molecule has 0 aliphatic carbocycles. The van der Waals surface area contributed by atoms with Crippen LogP contribution in [0.2, 0.25) is 0 Å². The van der Waals surface area contributed by atoms with Crippen molar-refractivity contribution >= 4 is 27.8 Å². The summed E-state index contributed by atoms with van der Waals surface area (Å²) in [6.45, 7) is 9.34. The van der Waals surface area contributed by atoms with Crippen LogP contribution in [0.3, 0.4) is 0 Å². The predicted octanol–water partition coefficient (Wildman–Crippen LogP) is 3.51. The number of carbonyl (C=O) groups is 1. The van der Waals surface area contributed by atoms with Gasteiger partial charge in [0.2, 0.25) is 0 Å². The number of nitrogens with zero attached hydrogens (tertiary/aromatic N) is 2. The van der Waals surface area contributed by atoms with Gasteiger partial charge in [-0.3, -0.25) is 0 Å². The Labute approximate surface area is 128 Å². The van der Waals surface area contributed by atoms with E-state index < -0.39 is 5.60 Å². The molecule has 5 nitrogen and oxygen atoms in total. The van der Waals surface area contributed by atoms with Crippen LogP contribution in [0.15, 0.2) is 22.8 Å². The van der Waals surface area contributed by atoms with Crippen LogP contribution in [-0.4, -0.2) is 41.2 Å². The lowest BCUT2D eigenvalue weighted by Crippen LogP contribution is -2.39. The first-order chi connectivity index (χ1) is 9.31. The van der Waals surface area contributed by atoms with Crippen molar-refractivity contribution in [3.05, 3.63) is 22.8 Å². The van der Waals surface area contributed by atoms with Crippen molar-refractivity contribution in [2.75, 3.05) is 25.0 Å². The summed E-state index contributed by atoms with van der Waals surface area (Å²) in [6, 6.07) is 3.80. The molecule has 0 aliphatic heterocycles. The maximum Gasteiger partial charge on any atom is 0.410 e. The SMILES string of the molecule is CCN(CCNc1ccc(Br)cn1)C(=O)OC(C)(C)C. The van der Waals surface area contributed by atoms with Gasteiger partial charge in [0, 0.05) is 30.3 Å². The summed E-state index contributed by atoms with van der Waals surface area (Å²) in [5, 5.41) is 3.17. The number of pyridine rings is 1. The molecular weight excluding hydrogens is 322 g/mol. The van der Waals surface area contributed by atoms with Crippen LogP contribution in [0.1, 0.15) is 27.7 Å². The molecular formula is C14H22BrN3O2. The Hall–Kier alpha value is -1.30. The van der Waals surface area contributed by atoms with Crippen molar-refractivity contribution in [1.29, 1.82) is 0 Å². The van der Waals surface area contributed by atoms with Crippen LogP contribution in [0.25, 0.3) is 0 Å². The highest BCUT2D eigenvalue weighted by Crippen LogP contribution is 2.11. The maximum atomic E-state index is 11.9. The Morgan fingerprint density at radius 1 is 1.45 bits per heavy atom. The number of halogens is 1. The van der Waals surface area contributed by atoms with Crippen LogP contribution >= 0.6 is 15.9 Å². The van der Waals surface area contributed by atoms with E-state index in [4.69, 9.17) is 4.74 Å². The van der Waals surface area contributed by atoms with Gasteiger partial charge in [0.1, 0.15) is 11.4 Å². The highest BCUT2D eigenvalue weighted by molar-refractivity contribution is 9.10. The topological polar surface area (TPSA) is 54.5 Å². The molecule has 112 valence electrons. The van der Waals surface area contributed by atoms with Gasteiger partial charge >= 0.3 is 6.09 Å². The molecule has 1 N–H and O–H groups in total. The molecule has 0 saturated carbocycles. The van der Waals surface area contributed by atoms with E-state index >= 15 is 0 Å². The molecule has 1 aromatic rings. The molecule has 6 heteroatoms. The molecule has 0 aromatic carbocycles. The summed E-state index contributed by atoms with van der Waals surface area (Å²) < 4.78 is 6.28. The standard InChI is InChI=1S/C14H22BrN3O2/c1-5-18(13(19)20-14(2,3)4)9-8-16-12-7-6-11(15)10-17-12/h6-7,10H,5,8-9H2,1-4H3,(H,16,17). The van der Waals surface area contributed by atoms with Gasteiger partial charge in [-0.1, -0.05) is 0 Å². The quantitative estimate of drug-likeness (QED) is 0.888. The lowest BCUT2D eigenvalue weighted by Gasteiger charge is -2.26. The van der Waals surface area contributed by atoms with Crippen molar-refractivity contribution in [1.82, 2.24) is 9.88 Å². The van der Waals surface area contributed by atoms with Gasteiger partial charge in [-0.15, -0.1) is 0 Å². The lowest BCUT2D eigenvalue weighted by atomic mass is 10.2. The van der Waals surface area contributed by atoms with Crippen LogP contribution in [0.5, 0.6) is 0 Å². The van der Waals surface area contributed by atoms with Crippen molar-refractivity contribution in [3.63, 3.8) is 0 Å². The monoisotopic (exact) mass is 343 g/mol. The molecule has 0 aliphatic rings. The van der Waals surface area contributed by atoms with Crippen molar-refractivity contribution in [2.24, 2.45) is 0 Å². The number of anilines is 1. The van der Waals surface area contributed by atoms with Gasteiger partial charge in [0.25, 0.3) is 0 Å². The molecule has 0 unspecified atom stereocenters. The van der Waals surface area contributed by atoms with Crippen LogP contribution in [0, 0.1) is 0 Å². The number of likely N-dealkylation sites (N-methyl/N-ethyl adjacent to an activating group) is 1. The number of hydrogen-bond donors (Lipinski definition) is 1. The molecule has 0 bridgehead atoms. The van der Waals surface area contributed by atoms with E-state index in [1.165, 1.54) is 0 Å². The van der Waals surface area contributed by atoms with Crippen molar-refractivity contribution < 1.29 is 9.53 Å². The Morgan fingerprint density at radius 2 is 2.15 bits per heavy atom. The highest BCUT2D eigenvalue weighted by atomic mass is 79.9. The van der Waals surface area contributed by atoms with E-state index in [1.807, 2.05) is 39.8 Å². The largest absolute Gasteiger partial charge is 0.444 e. The summed E-state index contributed by atoms with van der Waals surface area (Å²) in [6.07, 6.45) is 1.44. The molecule has 1 heterocycles. The molecule has 0 radical (unpaired) electrons. The molecule has 20 heavy (non-hydrogen) atoms. The second-order valence-electron chi connectivity index (χ2n) is 5.35. The number of aromatic nitrogens is 1. The minimum Gasteiger partial charge on any atom is -0.444 e. The van der Waals surface area contributed by atoms with E-state index in [2.05, 4.69) is 26.2 Å². The fourth-order valence-electron chi connectivity index (χ4n) is 1.50. The second-order valence-corrected chi connectivity index (χ2v) is 6.26. The maximum absolute atomic E-state index is 11.9. The molecule has 0 spiro atoms. The van der Waals surface area contributed by atoms with E-state index in [0.717, 1.165) is 10.3 Å². The molecule has 1 rings (SSSR count). The fourth-order valence-corrected chi connectivity index (χ4v) is 1.74.